The quantitative estimate of drug-likeness (QED) is 0.696. The Hall–Kier alpha value is -0.0400. The van der Waals surface area contributed by atoms with Crippen LogP contribution in [0, 0.1) is 17.3 Å². The van der Waals surface area contributed by atoms with E-state index >= 15 is 0 Å². The highest BCUT2D eigenvalue weighted by atomic mass is 14.9. The fourth-order valence-electron chi connectivity index (χ4n) is 3.52. The molecule has 1 saturated carbocycles. The molecule has 88 valence electrons. The first-order chi connectivity index (χ1) is 7.07. The first-order valence-corrected chi connectivity index (χ1v) is 6.80. The van der Waals surface area contributed by atoms with Crippen molar-refractivity contribution < 1.29 is 0 Å². The molecule has 0 spiro atoms. The Morgan fingerprint density at radius 1 is 1.13 bits per heavy atom. The molecule has 0 amide bonds. The molecule has 0 radical (unpaired) electrons. The third-order valence-corrected chi connectivity index (χ3v) is 4.51. The van der Waals surface area contributed by atoms with Crippen molar-refractivity contribution in [3.05, 3.63) is 0 Å². The summed E-state index contributed by atoms with van der Waals surface area (Å²) in [6, 6.07) is 0.834. The Labute approximate surface area is 95.0 Å². The summed E-state index contributed by atoms with van der Waals surface area (Å²) in [5, 5.41) is 3.78. The second kappa shape index (κ2) is 4.45. The van der Waals surface area contributed by atoms with Gasteiger partial charge in [-0.2, -0.15) is 0 Å². The van der Waals surface area contributed by atoms with Gasteiger partial charge in [0.2, 0.25) is 0 Å². The SMILES string of the molecule is CC1CCC(C2CCCC(C)(C)C2)NC1. The van der Waals surface area contributed by atoms with Crippen LogP contribution in [0.4, 0.5) is 0 Å². The van der Waals surface area contributed by atoms with Crippen LogP contribution in [0.25, 0.3) is 0 Å². The molecule has 1 N–H and O–H groups in total. The van der Waals surface area contributed by atoms with Crippen LogP contribution in [0.1, 0.15) is 59.3 Å². The van der Waals surface area contributed by atoms with Crippen molar-refractivity contribution in [2.24, 2.45) is 17.3 Å². The number of nitrogens with one attached hydrogen (secondary N) is 1. The lowest BCUT2D eigenvalue weighted by Crippen LogP contribution is -2.45. The third-order valence-electron chi connectivity index (χ3n) is 4.51. The summed E-state index contributed by atoms with van der Waals surface area (Å²) in [6.45, 7) is 8.52. The van der Waals surface area contributed by atoms with E-state index in [0.29, 0.717) is 5.41 Å². The molecule has 1 heteroatoms. The van der Waals surface area contributed by atoms with E-state index in [-0.39, 0.29) is 0 Å². The molecule has 2 rings (SSSR count). The highest BCUT2D eigenvalue weighted by molar-refractivity contribution is 4.88. The summed E-state index contributed by atoms with van der Waals surface area (Å²) in [5.74, 6) is 1.86. The Morgan fingerprint density at radius 2 is 1.93 bits per heavy atom. The summed E-state index contributed by atoms with van der Waals surface area (Å²) in [7, 11) is 0. The number of rotatable bonds is 1. The summed E-state index contributed by atoms with van der Waals surface area (Å²) in [5.41, 5.74) is 0.605. The van der Waals surface area contributed by atoms with E-state index in [0.717, 1.165) is 17.9 Å². The lowest BCUT2D eigenvalue weighted by atomic mass is 9.68. The predicted molar refractivity (Wildman–Crippen MR) is 65.9 cm³/mol. The molecular weight excluding hydrogens is 182 g/mol. The summed E-state index contributed by atoms with van der Waals surface area (Å²) >= 11 is 0. The Bertz CT molecular complexity index is 201. The van der Waals surface area contributed by atoms with Crippen LogP contribution in [-0.2, 0) is 0 Å². The van der Waals surface area contributed by atoms with Crippen molar-refractivity contribution in [2.45, 2.75) is 65.3 Å². The van der Waals surface area contributed by atoms with Crippen LogP contribution in [0.2, 0.25) is 0 Å². The monoisotopic (exact) mass is 209 g/mol. The van der Waals surface area contributed by atoms with E-state index in [2.05, 4.69) is 26.1 Å². The topological polar surface area (TPSA) is 12.0 Å². The Kier molecular flexibility index (Phi) is 3.39. The first-order valence-electron chi connectivity index (χ1n) is 6.80. The molecule has 2 fully saturated rings. The molecule has 3 unspecified atom stereocenters. The molecule has 3 atom stereocenters. The first kappa shape index (κ1) is 11.4. The van der Waals surface area contributed by atoms with Gasteiger partial charge < -0.3 is 5.32 Å². The average molecular weight is 209 g/mol. The number of piperidine rings is 1. The fraction of sp³-hybridized carbons (Fsp3) is 1.00. The van der Waals surface area contributed by atoms with E-state index in [9.17, 15) is 0 Å². The zero-order valence-electron chi connectivity index (χ0n) is 10.7. The minimum atomic E-state index is 0.605. The molecular formula is C14H27N. The van der Waals surface area contributed by atoms with E-state index in [1.54, 1.807) is 0 Å². The highest BCUT2D eigenvalue weighted by Gasteiger charge is 2.33. The van der Waals surface area contributed by atoms with E-state index < -0.39 is 0 Å². The molecule has 0 aromatic carbocycles. The Balaban J connectivity index is 1.88. The Morgan fingerprint density at radius 3 is 2.53 bits per heavy atom. The van der Waals surface area contributed by atoms with Crippen molar-refractivity contribution in [3.8, 4) is 0 Å². The maximum atomic E-state index is 3.78. The molecule has 1 heterocycles. The van der Waals surface area contributed by atoms with E-state index in [4.69, 9.17) is 0 Å². The van der Waals surface area contributed by atoms with Gasteiger partial charge in [-0.15, -0.1) is 0 Å². The van der Waals surface area contributed by atoms with Crippen molar-refractivity contribution in [3.63, 3.8) is 0 Å². The summed E-state index contributed by atoms with van der Waals surface area (Å²) in [4.78, 5) is 0. The van der Waals surface area contributed by atoms with Crippen molar-refractivity contribution in [1.82, 2.24) is 5.32 Å². The lowest BCUT2D eigenvalue weighted by Gasteiger charge is -2.41. The van der Waals surface area contributed by atoms with Crippen LogP contribution in [-0.4, -0.2) is 12.6 Å². The third kappa shape index (κ3) is 2.96. The van der Waals surface area contributed by atoms with Crippen LogP contribution in [0.3, 0.4) is 0 Å². The van der Waals surface area contributed by atoms with Crippen LogP contribution < -0.4 is 5.32 Å². The van der Waals surface area contributed by atoms with Gasteiger partial charge in [0.05, 0.1) is 0 Å². The van der Waals surface area contributed by atoms with Gasteiger partial charge in [-0.25, -0.2) is 0 Å². The molecule has 0 bridgehead atoms. The predicted octanol–water partition coefficient (Wildman–Crippen LogP) is 3.59. The van der Waals surface area contributed by atoms with Crippen LogP contribution in [0.15, 0.2) is 0 Å². The normalized spacial score (nSPS) is 41.4. The van der Waals surface area contributed by atoms with Crippen molar-refractivity contribution in [2.75, 3.05) is 6.54 Å². The van der Waals surface area contributed by atoms with Crippen LogP contribution >= 0.6 is 0 Å². The largest absolute Gasteiger partial charge is 0.313 e. The smallest absolute Gasteiger partial charge is 0.00957 e. The average Bonchev–Trinajstić information content (AvgIpc) is 2.17. The van der Waals surface area contributed by atoms with Gasteiger partial charge in [0, 0.05) is 6.04 Å². The second-order valence-electron chi connectivity index (χ2n) is 6.72. The van der Waals surface area contributed by atoms with Gasteiger partial charge in [0.15, 0.2) is 0 Å². The van der Waals surface area contributed by atoms with Gasteiger partial charge in [-0.3, -0.25) is 0 Å². The van der Waals surface area contributed by atoms with Crippen molar-refractivity contribution in [1.29, 1.82) is 0 Å². The minimum absolute atomic E-state index is 0.605. The molecule has 1 nitrogen and oxygen atoms in total. The van der Waals surface area contributed by atoms with E-state index in [1.807, 2.05) is 0 Å². The fourth-order valence-corrected chi connectivity index (χ4v) is 3.52. The minimum Gasteiger partial charge on any atom is -0.313 e. The number of hydrogen-bond acceptors (Lipinski definition) is 1. The van der Waals surface area contributed by atoms with Crippen molar-refractivity contribution >= 4 is 0 Å². The maximum Gasteiger partial charge on any atom is 0.00957 e. The zero-order chi connectivity index (χ0) is 10.9. The summed E-state index contributed by atoms with van der Waals surface area (Å²) in [6.07, 6.45) is 8.66. The molecule has 1 aliphatic carbocycles. The van der Waals surface area contributed by atoms with Gasteiger partial charge in [0.1, 0.15) is 0 Å². The molecule has 2 aliphatic rings. The second-order valence-corrected chi connectivity index (χ2v) is 6.72. The number of hydrogen-bond donors (Lipinski definition) is 1. The maximum absolute atomic E-state index is 3.78. The molecule has 0 aromatic rings. The summed E-state index contributed by atoms with van der Waals surface area (Å²) < 4.78 is 0. The van der Waals surface area contributed by atoms with Gasteiger partial charge in [0.25, 0.3) is 0 Å². The van der Waals surface area contributed by atoms with Gasteiger partial charge in [-0.1, -0.05) is 27.2 Å². The molecule has 15 heavy (non-hydrogen) atoms. The zero-order valence-corrected chi connectivity index (χ0v) is 10.7. The molecule has 0 aromatic heterocycles. The van der Waals surface area contributed by atoms with Crippen LogP contribution in [0.5, 0.6) is 0 Å². The van der Waals surface area contributed by atoms with Gasteiger partial charge >= 0.3 is 0 Å². The van der Waals surface area contributed by atoms with E-state index in [1.165, 1.54) is 45.1 Å². The lowest BCUT2D eigenvalue weighted by molar-refractivity contribution is 0.128. The molecule has 1 saturated heterocycles. The molecule has 1 aliphatic heterocycles. The standard InChI is InChI=1S/C14H27N/c1-11-6-7-13(15-10-11)12-5-4-8-14(2,3)9-12/h11-13,15H,4-10H2,1-3H3. The highest BCUT2D eigenvalue weighted by Crippen LogP contribution is 2.41. The van der Waals surface area contributed by atoms with Gasteiger partial charge in [-0.05, 0) is 55.9 Å².